The van der Waals surface area contributed by atoms with Crippen molar-refractivity contribution in [2.75, 3.05) is 18.0 Å². The summed E-state index contributed by atoms with van der Waals surface area (Å²) < 4.78 is 0. The average Bonchev–Trinajstić information content (AvgIpc) is 3.12. The van der Waals surface area contributed by atoms with Crippen molar-refractivity contribution >= 4 is 46.7 Å². The van der Waals surface area contributed by atoms with Crippen molar-refractivity contribution in [3.05, 3.63) is 28.2 Å². The van der Waals surface area contributed by atoms with E-state index in [2.05, 4.69) is 0 Å². The normalized spacial score (nSPS) is 23.8. The Balaban J connectivity index is 1.78. The van der Waals surface area contributed by atoms with Crippen molar-refractivity contribution in [1.82, 2.24) is 4.90 Å². The summed E-state index contributed by atoms with van der Waals surface area (Å²) in [5.74, 6) is -2.61. The quantitative estimate of drug-likeness (QED) is 0.828. The highest BCUT2D eigenvalue weighted by atomic mass is 35.5. The van der Waals surface area contributed by atoms with Crippen LogP contribution in [0.2, 0.25) is 10.0 Å². The van der Waals surface area contributed by atoms with Crippen LogP contribution in [0.3, 0.4) is 0 Å². The van der Waals surface area contributed by atoms with Gasteiger partial charge in [0.25, 0.3) is 0 Å². The van der Waals surface area contributed by atoms with Crippen LogP contribution < -0.4 is 4.90 Å². The molecular weight excluding hydrogens is 355 g/mol. The molecule has 2 heterocycles. The second-order valence-electron chi connectivity index (χ2n) is 5.99. The lowest BCUT2D eigenvalue weighted by Gasteiger charge is -2.24. The molecule has 2 fully saturated rings. The molecule has 0 radical (unpaired) electrons. The number of hydrogen-bond acceptors (Lipinski definition) is 3. The summed E-state index contributed by atoms with van der Waals surface area (Å²) in [5.41, 5.74) is 0.545. The van der Waals surface area contributed by atoms with Gasteiger partial charge >= 0.3 is 5.97 Å². The van der Waals surface area contributed by atoms with E-state index in [0.29, 0.717) is 48.1 Å². The van der Waals surface area contributed by atoms with Gasteiger partial charge in [-0.15, -0.1) is 0 Å². The molecule has 3 rings (SSSR count). The van der Waals surface area contributed by atoms with E-state index < -0.39 is 23.8 Å². The first-order valence-electron chi connectivity index (χ1n) is 7.69. The van der Waals surface area contributed by atoms with E-state index in [-0.39, 0.29) is 5.91 Å². The molecule has 1 N–H and O–H groups in total. The highest BCUT2D eigenvalue weighted by molar-refractivity contribution is 6.35. The number of anilines is 1. The highest BCUT2D eigenvalue weighted by Gasteiger charge is 2.44. The molecule has 1 aromatic rings. The minimum absolute atomic E-state index is 0.339. The van der Waals surface area contributed by atoms with Crippen molar-refractivity contribution in [2.24, 2.45) is 5.92 Å². The standard InChI is InChI=1S/C16H16Cl2N2O4/c17-9-6-10(18)8-11(7-9)19-5-3-12(14(19)21)15(22)20-4-1-2-13(20)16(23)24/h6-8,12-13H,1-5H2,(H,23,24)/t12-,13+/m1/s1. The Hall–Kier alpha value is -1.79. The number of aliphatic carboxylic acids is 1. The third-order valence-electron chi connectivity index (χ3n) is 4.48. The molecule has 0 spiro atoms. The van der Waals surface area contributed by atoms with Crippen LogP contribution in [-0.4, -0.2) is 46.9 Å². The molecule has 0 unspecified atom stereocenters. The third kappa shape index (κ3) is 3.08. The summed E-state index contributed by atoms with van der Waals surface area (Å²) in [6, 6.07) is 3.97. The van der Waals surface area contributed by atoms with Gasteiger partial charge in [0.05, 0.1) is 0 Å². The number of halogens is 2. The molecule has 1 aromatic carbocycles. The first-order chi connectivity index (χ1) is 11.4. The molecule has 2 aliphatic heterocycles. The molecule has 6 nitrogen and oxygen atoms in total. The van der Waals surface area contributed by atoms with Gasteiger partial charge < -0.3 is 14.9 Å². The zero-order valence-corrected chi connectivity index (χ0v) is 14.3. The van der Waals surface area contributed by atoms with Gasteiger partial charge in [-0.25, -0.2) is 4.79 Å². The Bertz CT molecular complexity index is 689. The van der Waals surface area contributed by atoms with Crippen LogP contribution in [0.15, 0.2) is 18.2 Å². The number of benzene rings is 1. The SMILES string of the molecule is O=C(O)[C@@H]1CCCN1C(=O)[C@@H]1CCN(c2cc(Cl)cc(Cl)c2)C1=O. The van der Waals surface area contributed by atoms with Gasteiger partial charge in [0.15, 0.2) is 0 Å². The van der Waals surface area contributed by atoms with Crippen LogP contribution in [0.5, 0.6) is 0 Å². The molecule has 8 heteroatoms. The number of carboxylic acids is 1. The van der Waals surface area contributed by atoms with E-state index in [1.54, 1.807) is 18.2 Å². The van der Waals surface area contributed by atoms with Gasteiger partial charge in [0.1, 0.15) is 12.0 Å². The minimum atomic E-state index is -1.02. The second kappa shape index (κ2) is 6.61. The number of nitrogens with zero attached hydrogens (tertiary/aromatic N) is 2. The Morgan fingerprint density at radius 3 is 2.38 bits per heavy atom. The Kier molecular flexibility index (Phi) is 4.69. The predicted molar refractivity (Wildman–Crippen MR) is 89.3 cm³/mol. The average molecular weight is 371 g/mol. The van der Waals surface area contributed by atoms with Gasteiger partial charge in [0, 0.05) is 28.8 Å². The fraction of sp³-hybridized carbons (Fsp3) is 0.438. The van der Waals surface area contributed by atoms with Crippen LogP contribution in [0.4, 0.5) is 5.69 Å². The first-order valence-corrected chi connectivity index (χ1v) is 8.45. The number of carbonyl (C=O) groups excluding carboxylic acids is 2. The molecule has 24 heavy (non-hydrogen) atoms. The van der Waals surface area contributed by atoms with Crippen molar-refractivity contribution in [3.8, 4) is 0 Å². The summed E-state index contributed by atoms with van der Waals surface area (Å²) in [6.07, 6.45) is 1.41. The van der Waals surface area contributed by atoms with Gasteiger partial charge in [-0.3, -0.25) is 9.59 Å². The van der Waals surface area contributed by atoms with Gasteiger partial charge in [0.2, 0.25) is 11.8 Å². The molecule has 2 aliphatic rings. The van der Waals surface area contributed by atoms with Gasteiger partial charge in [-0.1, -0.05) is 23.2 Å². The van der Waals surface area contributed by atoms with Crippen molar-refractivity contribution < 1.29 is 19.5 Å². The molecule has 2 amide bonds. The Morgan fingerprint density at radius 2 is 1.75 bits per heavy atom. The van der Waals surface area contributed by atoms with E-state index in [9.17, 15) is 19.5 Å². The second-order valence-corrected chi connectivity index (χ2v) is 6.86. The topological polar surface area (TPSA) is 77.9 Å². The molecule has 128 valence electrons. The van der Waals surface area contributed by atoms with E-state index in [0.717, 1.165) is 0 Å². The number of amides is 2. The van der Waals surface area contributed by atoms with Crippen molar-refractivity contribution in [1.29, 1.82) is 0 Å². The lowest BCUT2D eigenvalue weighted by atomic mass is 10.1. The maximum Gasteiger partial charge on any atom is 0.326 e. The fourth-order valence-electron chi connectivity index (χ4n) is 3.35. The van der Waals surface area contributed by atoms with Gasteiger partial charge in [-0.05, 0) is 37.5 Å². The smallest absolute Gasteiger partial charge is 0.326 e. The van der Waals surface area contributed by atoms with E-state index >= 15 is 0 Å². The molecule has 0 saturated carbocycles. The van der Waals surface area contributed by atoms with Crippen LogP contribution in [-0.2, 0) is 14.4 Å². The van der Waals surface area contributed by atoms with Crippen LogP contribution in [0.25, 0.3) is 0 Å². The molecule has 0 bridgehead atoms. The number of hydrogen-bond donors (Lipinski definition) is 1. The van der Waals surface area contributed by atoms with Gasteiger partial charge in [-0.2, -0.15) is 0 Å². The summed E-state index contributed by atoms with van der Waals surface area (Å²) in [4.78, 5) is 39.3. The number of rotatable bonds is 3. The highest BCUT2D eigenvalue weighted by Crippen LogP contribution is 2.32. The summed E-state index contributed by atoms with van der Waals surface area (Å²) in [6.45, 7) is 0.750. The third-order valence-corrected chi connectivity index (χ3v) is 4.92. The molecule has 2 atom stereocenters. The van der Waals surface area contributed by atoms with E-state index in [1.807, 2.05) is 0 Å². The van der Waals surface area contributed by atoms with Crippen LogP contribution in [0, 0.1) is 5.92 Å². The Labute approximate surface area is 148 Å². The van der Waals surface area contributed by atoms with E-state index in [4.69, 9.17) is 23.2 Å². The lowest BCUT2D eigenvalue weighted by molar-refractivity contribution is -0.151. The maximum absolute atomic E-state index is 12.6. The maximum atomic E-state index is 12.6. The molecule has 2 saturated heterocycles. The van der Waals surface area contributed by atoms with Crippen LogP contribution >= 0.6 is 23.2 Å². The van der Waals surface area contributed by atoms with Crippen molar-refractivity contribution in [2.45, 2.75) is 25.3 Å². The molecule has 0 aliphatic carbocycles. The van der Waals surface area contributed by atoms with Crippen LogP contribution in [0.1, 0.15) is 19.3 Å². The zero-order chi connectivity index (χ0) is 17.4. The predicted octanol–water partition coefficient (Wildman–Crippen LogP) is 2.42. The molecular formula is C16H16Cl2N2O4. The van der Waals surface area contributed by atoms with E-state index in [1.165, 1.54) is 9.80 Å². The van der Waals surface area contributed by atoms with Crippen molar-refractivity contribution in [3.63, 3.8) is 0 Å². The number of carbonyl (C=O) groups is 3. The Morgan fingerprint density at radius 1 is 1.08 bits per heavy atom. The fourth-order valence-corrected chi connectivity index (χ4v) is 3.86. The zero-order valence-electron chi connectivity index (χ0n) is 12.7. The summed E-state index contributed by atoms with van der Waals surface area (Å²) >= 11 is 11.9. The largest absolute Gasteiger partial charge is 0.480 e. The molecule has 0 aromatic heterocycles. The number of carboxylic acid groups (broad SMARTS) is 1. The summed E-state index contributed by atoms with van der Waals surface area (Å²) in [7, 11) is 0. The minimum Gasteiger partial charge on any atom is -0.480 e. The summed E-state index contributed by atoms with van der Waals surface area (Å²) in [5, 5.41) is 10.0. The first kappa shape index (κ1) is 17.0. The number of likely N-dealkylation sites (tertiary alicyclic amines) is 1. The monoisotopic (exact) mass is 370 g/mol. The lowest BCUT2D eigenvalue weighted by Crippen LogP contribution is -2.45.